The number of hydrogen-bond acceptors (Lipinski definition) is 5. The fourth-order valence-electron chi connectivity index (χ4n) is 5.51. The van der Waals surface area contributed by atoms with Crippen molar-refractivity contribution in [1.29, 1.82) is 0 Å². The molecule has 46 heavy (non-hydrogen) atoms. The second kappa shape index (κ2) is 16.8. The average Bonchev–Trinajstić information content (AvgIpc) is 2.98. The predicted octanol–water partition coefficient (Wildman–Crippen LogP) is 7.09. The number of benzene rings is 3. The molecule has 0 saturated heterocycles. The van der Waals surface area contributed by atoms with Crippen LogP contribution in [0.1, 0.15) is 95.4 Å². The molecule has 3 aromatic rings. The van der Waals surface area contributed by atoms with E-state index in [1.807, 2.05) is 74.5 Å². The second-order valence-corrected chi connectivity index (χ2v) is 13.0. The summed E-state index contributed by atoms with van der Waals surface area (Å²) >= 11 is 0. The molecule has 2 unspecified atom stereocenters. The SMILES string of the molecule is CCCCCCCN(C(=O)C(CCC(N)=O)NC(=O)OC(C)(C)C)C(C(=O)Nc1ccc2ccccc2c1)c1ccc(C)cc1C. The van der Waals surface area contributed by atoms with Gasteiger partial charge < -0.3 is 26.0 Å². The van der Waals surface area contributed by atoms with E-state index in [4.69, 9.17) is 10.5 Å². The number of unbranched alkanes of at least 4 members (excludes halogenated alkanes) is 4. The molecule has 0 aliphatic rings. The van der Waals surface area contributed by atoms with Crippen LogP contribution in [0.5, 0.6) is 0 Å². The Morgan fingerprint density at radius 3 is 2.24 bits per heavy atom. The molecule has 3 rings (SSSR count). The van der Waals surface area contributed by atoms with Gasteiger partial charge in [0.1, 0.15) is 17.7 Å². The van der Waals surface area contributed by atoms with E-state index in [2.05, 4.69) is 17.6 Å². The molecule has 0 heterocycles. The van der Waals surface area contributed by atoms with Gasteiger partial charge in [0.2, 0.25) is 11.8 Å². The van der Waals surface area contributed by atoms with Crippen LogP contribution >= 0.6 is 0 Å². The standard InChI is InChI=1S/C37H50N4O5/c1-7-8-9-10-13-22-41(35(44)31(20-21-32(38)42)40-36(45)46-37(4,5)6)33(30-19-16-25(2)23-26(30)3)34(43)39-29-18-17-27-14-11-12-15-28(27)24-29/h11-12,14-19,23-24,31,33H,7-10,13,20-22H2,1-6H3,(H2,38,42)(H,39,43)(H,40,45). The van der Waals surface area contributed by atoms with Gasteiger partial charge in [-0.25, -0.2) is 4.79 Å². The van der Waals surface area contributed by atoms with E-state index in [0.29, 0.717) is 17.7 Å². The number of anilines is 1. The normalized spacial score (nSPS) is 12.7. The Hall–Kier alpha value is -4.40. The molecule has 0 bridgehead atoms. The van der Waals surface area contributed by atoms with Crippen molar-refractivity contribution in [2.24, 2.45) is 5.73 Å². The number of hydrogen-bond donors (Lipinski definition) is 3. The molecule has 4 N–H and O–H groups in total. The Balaban J connectivity index is 2.07. The molecule has 248 valence electrons. The number of alkyl carbamates (subject to hydrolysis) is 1. The maximum absolute atomic E-state index is 14.5. The first-order chi connectivity index (χ1) is 21.8. The minimum absolute atomic E-state index is 0.0361. The summed E-state index contributed by atoms with van der Waals surface area (Å²) in [5.74, 6) is -1.47. The first kappa shape index (κ1) is 36.1. The largest absolute Gasteiger partial charge is 0.444 e. The monoisotopic (exact) mass is 630 g/mol. The van der Waals surface area contributed by atoms with Crippen molar-refractivity contribution in [2.75, 3.05) is 11.9 Å². The number of carbonyl (C=O) groups is 4. The van der Waals surface area contributed by atoms with Crippen LogP contribution in [0.4, 0.5) is 10.5 Å². The minimum atomic E-state index is -1.14. The molecule has 0 aliphatic carbocycles. The summed E-state index contributed by atoms with van der Waals surface area (Å²) in [6.07, 6.45) is 3.70. The van der Waals surface area contributed by atoms with Gasteiger partial charge in [0, 0.05) is 18.7 Å². The summed E-state index contributed by atoms with van der Waals surface area (Å²) in [5.41, 5.74) is 7.82. The van der Waals surface area contributed by atoms with Crippen molar-refractivity contribution >= 4 is 40.3 Å². The number of aryl methyl sites for hydroxylation is 2. The van der Waals surface area contributed by atoms with E-state index >= 15 is 0 Å². The van der Waals surface area contributed by atoms with E-state index in [0.717, 1.165) is 47.6 Å². The number of nitrogens with two attached hydrogens (primary N) is 1. The molecule has 9 heteroatoms. The van der Waals surface area contributed by atoms with Crippen LogP contribution in [-0.2, 0) is 19.1 Å². The highest BCUT2D eigenvalue weighted by Gasteiger charge is 2.37. The van der Waals surface area contributed by atoms with E-state index < -0.39 is 35.6 Å². The van der Waals surface area contributed by atoms with Crippen LogP contribution in [0, 0.1) is 13.8 Å². The number of carbonyl (C=O) groups excluding carboxylic acids is 4. The smallest absolute Gasteiger partial charge is 0.408 e. The number of rotatable bonds is 15. The third-order valence-electron chi connectivity index (χ3n) is 7.75. The van der Waals surface area contributed by atoms with Crippen LogP contribution in [0.25, 0.3) is 10.8 Å². The van der Waals surface area contributed by atoms with Crippen molar-refractivity contribution in [1.82, 2.24) is 10.2 Å². The minimum Gasteiger partial charge on any atom is -0.444 e. The highest BCUT2D eigenvalue weighted by atomic mass is 16.6. The van der Waals surface area contributed by atoms with Crippen LogP contribution in [0.2, 0.25) is 0 Å². The lowest BCUT2D eigenvalue weighted by molar-refractivity contribution is -0.141. The zero-order valence-electron chi connectivity index (χ0n) is 28.2. The van der Waals surface area contributed by atoms with Gasteiger partial charge in [-0.15, -0.1) is 0 Å². The van der Waals surface area contributed by atoms with Crippen LogP contribution in [-0.4, -0.2) is 46.9 Å². The average molecular weight is 631 g/mol. The maximum atomic E-state index is 14.5. The van der Waals surface area contributed by atoms with Crippen molar-refractivity contribution in [3.63, 3.8) is 0 Å². The first-order valence-corrected chi connectivity index (χ1v) is 16.2. The molecule has 0 fully saturated rings. The number of nitrogens with zero attached hydrogens (tertiary/aromatic N) is 1. The van der Waals surface area contributed by atoms with Gasteiger partial charge in [-0.1, -0.05) is 86.7 Å². The molecule has 0 radical (unpaired) electrons. The second-order valence-electron chi connectivity index (χ2n) is 13.0. The van der Waals surface area contributed by atoms with Crippen molar-refractivity contribution in [2.45, 2.75) is 104 Å². The van der Waals surface area contributed by atoms with E-state index in [1.165, 1.54) is 0 Å². The zero-order valence-corrected chi connectivity index (χ0v) is 28.2. The Bertz CT molecular complexity index is 1510. The van der Waals surface area contributed by atoms with Gasteiger partial charge >= 0.3 is 6.09 Å². The maximum Gasteiger partial charge on any atom is 0.408 e. The first-order valence-electron chi connectivity index (χ1n) is 16.2. The Labute approximate surface area is 273 Å². The van der Waals surface area contributed by atoms with Crippen LogP contribution in [0.3, 0.4) is 0 Å². The van der Waals surface area contributed by atoms with Gasteiger partial charge in [0.15, 0.2) is 0 Å². The number of ether oxygens (including phenoxy) is 1. The third kappa shape index (κ3) is 10.9. The van der Waals surface area contributed by atoms with Gasteiger partial charge in [-0.05, 0) is 81.5 Å². The number of primary amides is 1. The quantitative estimate of drug-likeness (QED) is 0.154. The van der Waals surface area contributed by atoms with Crippen LogP contribution < -0.4 is 16.4 Å². The number of amides is 4. The lowest BCUT2D eigenvalue weighted by atomic mass is 9.95. The molecule has 0 aliphatic heterocycles. The van der Waals surface area contributed by atoms with E-state index in [-0.39, 0.29) is 25.3 Å². The van der Waals surface area contributed by atoms with Crippen molar-refractivity contribution < 1.29 is 23.9 Å². The topological polar surface area (TPSA) is 131 Å². The fourth-order valence-corrected chi connectivity index (χ4v) is 5.51. The Morgan fingerprint density at radius 2 is 1.59 bits per heavy atom. The molecule has 3 aromatic carbocycles. The third-order valence-corrected chi connectivity index (χ3v) is 7.75. The lowest BCUT2D eigenvalue weighted by Crippen LogP contribution is -2.53. The van der Waals surface area contributed by atoms with Gasteiger partial charge in [-0.3, -0.25) is 14.4 Å². The molecule has 9 nitrogen and oxygen atoms in total. The molecular weight excluding hydrogens is 580 g/mol. The Kier molecular flexibility index (Phi) is 13.2. The summed E-state index contributed by atoms with van der Waals surface area (Å²) < 4.78 is 5.45. The van der Waals surface area contributed by atoms with Crippen molar-refractivity contribution in [3.8, 4) is 0 Å². The highest BCUT2D eigenvalue weighted by molar-refractivity contribution is 6.00. The molecule has 0 aromatic heterocycles. The summed E-state index contributed by atoms with van der Waals surface area (Å²) in [7, 11) is 0. The number of fused-ring (bicyclic) bond motifs is 1. The summed E-state index contributed by atoms with van der Waals surface area (Å²) in [4.78, 5) is 55.1. The van der Waals surface area contributed by atoms with Crippen molar-refractivity contribution in [3.05, 3.63) is 77.4 Å². The highest BCUT2D eigenvalue weighted by Crippen LogP contribution is 2.29. The molecule has 0 spiro atoms. The van der Waals surface area contributed by atoms with Crippen LogP contribution in [0.15, 0.2) is 60.7 Å². The summed E-state index contributed by atoms with van der Waals surface area (Å²) in [6.45, 7) is 11.5. The van der Waals surface area contributed by atoms with Gasteiger partial charge in [0.25, 0.3) is 5.91 Å². The molecule has 4 amide bonds. The predicted molar refractivity (Wildman–Crippen MR) is 183 cm³/mol. The zero-order chi connectivity index (χ0) is 33.9. The Morgan fingerprint density at radius 1 is 0.891 bits per heavy atom. The van der Waals surface area contributed by atoms with Gasteiger partial charge in [-0.2, -0.15) is 0 Å². The molecule has 2 atom stereocenters. The van der Waals surface area contributed by atoms with E-state index in [1.54, 1.807) is 25.7 Å². The summed E-state index contributed by atoms with van der Waals surface area (Å²) in [5, 5.41) is 7.74. The summed E-state index contributed by atoms with van der Waals surface area (Å²) in [6, 6.07) is 17.2. The molecular formula is C37H50N4O5. The van der Waals surface area contributed by atoms with Gasteiger partial charge in [0.05, 0.1) is 0 Å². The lowest BCUT2D eigenvalue weighted by Gasteiger charge is -2.35. The number of nitrogens with one attached hydrogen (secondary N) is 2. The molecule has 0 saturated carbocycles. The fraction of sp³-hybridized carbons (Fsp3) is 0.459. The van der Waals surface area contributed by atoms with E-state index in [9.17, 15) is 19.2 Å².